The van der Waals surface area contributed by atoms with Gasteiger partial charge in [0.25, 0.3) is 0 Å². The number of hydrogen-bond donors (Lipinski definition) is 1. The zero-order chi connectivity index (χ0) is 18.6. The van der Waals surface area contributed by atoms with Gasteiger partial charge in [-0.1, -0.05) is 54.2 Å². The molecule has 0 atom stereocenters. The zero-order valence-electron chi connectivity index (χ0n) is 14.8. The maximum Gasteiger partial charge on any atom is 0.237 e. The Morgan fingerprint density at radius 1 is 1.15 bits per heavy atom. The standard InChI is InChI=1S/C20H18N4OS2/c1-2-24(16-10-5-8-14-7-3-4-9-15(14)16)18(25)13-27-20-21-19(22-23-20)17-11-6-12-26-17/h3-12H,2,13H2,1H3,(H,21,22,23). The summed E-state index contributed by atoms with van der Waals surface area (Å²) in [5.41, 5.74) is 0.940. The van der Waals surface area contributed by atoms with Crippen LogP contribution in [0.15, 0.2) is 65.1 Å². The van der Waals surface area contributed by atoms with E-state index in [0.29, 0.717) is 17.5 Å². The highest BCUT2D eigenvalue weighted by Gasteiger charge is 2.17. The SMILES string of the molecule is CCN(C(=O)CSc1n[nH]c(-c2cccs2)n1)c1cccc2ccccc12. The van der Waals surface area contributed by atoms with Crippen LogP contribution in [-0.2, 0) is 4.79 Å². The number of fused-ring (bicyclic) bond motifs is 1. The van der Waals surface area contributed by atoms with Gasteiger partial charge in [-0.25, -0.2) is 4.98 Å². The first kappa shape index (κ1) is 17.8. The molecule has 0 fully saturated rings. The second-order valence-corrected chi connectivity index (χ2v) is 7.76. The zero-order valence-corrected chi connectivity index (χ0v) is 16.4. The molecule has 2 aromatic heterocycles. The van der Waals surface area contributed by atoms with Gasteiger partial charge in [0, 0.05) is 11.9 Å². The maximum absolute atomic E-state index is 12.9. The predicted molar refractivity (Wildman–Crippen MR) is 112 cm³/mol. The molecule has 0 bridgehead atoms. The second kappa shape index (κ2) is 7.94. The molecule has 5 nitrogen and oxygen atoms in total. The number of amides is 1. The number of nitrogens with zero attached hydrogens (tertiary/aromatic N) is 3. The largest absolute Gasteiger partial charge is 0.311 e. The van der Waals surface area contributed by atoms with E-state index in [1.54, 1.807) is 11.3 Å². The molecule has 0 spiro atoms. The van der Waals surface area contributed by atoms with Crippen LogP contribution >= 0.6 is 23.1 Å². The molecule has 4 rings (SSSR count). The first-order valence-electron chi connectivity index (χ1n) is 8.63. The molecule has 7 heteroatoms. The van der Waals surface area contributed by atoms with Crippen LogP contribution in [0.3, 0.4) is 0 Å². The van der Waals surface area contributed by atoms with Crippen molar-refractivity contribution in [2.75, 3.05) is 17.2 Å². The van der Waals surface area contributed by atoms with Crippen LogP contribution in [0.2, 0.25) is 0 Å². The van der Waals surface area contributed by atoms with Crippen LogP contribution in [-0.4, -0.2) is 33.4 Å². The number of H-pyrrole nitrogens is 1. The summed E-state index contributed by atoms with van der Waals surface area (Å²) in [5, 5.41) is 11.9. The number of nitrogens with one attached hydrogen (secondary N) is 1. The number of benzene rings is 2. The fraction of sp³-hybridized carbons (Fsp3) is 0.150. The van der Waals surface area contributed by atoms with Crippen molar-refractivity contribution < 1.29 is 4.79 Å². The quantitative estimate of drug-likeness (QED) is 0.476. The predicted octanol–water partition coefficient (Wildman–Crippen LogP) is 4.83. The molecule has 0 aliphatic carbocycles. The molecule has 1 N–H and O–H groups in total. The maximum atomic E-state index is 12.9. The third-order valence-corrected chi connectivity index (χ3v) is 5.93. The Morgan fingerprint density at radius 3 is 2.81 bits per heavy atom. The van der Waals surface area contributed by atoms with Crippen molar-refractivity contribution in [2.45, 2.75) is 12.1 Å². The van der Waals surface area contributed by atoms with Crippen LogP contribution < -0.4 is 4.90 Å². The van der Waals surface area contributed by atoms with Gasteiger partial charge in [0.1, 0.15) is 0 Å². The van der Waals surface area contributed by atoms with E-state index in [1.165, 1.54) is 11.8 Å². The van der Waals surface area contributed by atoms with Crippen LogP contribution in [0, 0.1) is 0 Å². The fourth-order valence-electron chi connectivity index (χ4n) is 2.96. The molecule has 0 aliphatic rings. The number of aromatic nitrogens is 3. The van der Waals surface area contributed by atoms with E-state index < -0.39 is 0 Å². The van der Waals surface area contributed by atoms with Gasteiger partial charge in [0.2, 0.25) is 11.1 Å². The van der Waals surface area contributed by atoms with E-state index in [2.05, 4.69) is 33.4 Å². The van der Waals surface area contributed by atoms with Crippen molar-refractivity contribution in [1.29, 1.82) is 0 Å². The highest BCUT2D eigenvalue weighted by atomic mass is 32.2. The van der Waals surface area contributed by atoms with E-state index in [9.17, 15) is 4.79 Å². The molecule has 1 amide bonds. The van der Waals surface area contributed by atoms with Gasteiger partial charge in [-0.05, 0) is 29.8 Å². The third-order valence-electron chi connectivity index (χ3n) is 4.22. The van der Waals surface area contributed by atoms with Crippen LogP contribution in [0.5, 0.6) is 0 Å². The first-order chi connectivity index (χ1) is 13.3. The number of thiophene rings is 1. The van der Waals surface area contributed by atoms with E-state index in [4.69, 9.17) is 0 Å². The third kappa shape index (κ3) is 3.74. The van der Waals surface area contributed by atoms with Gasteiger partial charge >= 0.3 is 0 Å². The van der Waals surface area contributed by atoms with Crippen molar-refractivity contribution >= 4 is 45.5 Å². The molecule has 2 heterocycles. The Kier molecular flexibility index (Phi) is 5.22. The number of carbonyl (C=O) groups is 1. The molecule has 0 unspecified atom stereocenters. The minimum Gasteiger partial charge on any atom is -0.311 e. The summed E-state index contributed by atoms with van der Waals surface area (Å²) < 4.78 is 0. The van der Waals surface area contributed by atoms with Crippen molar-refractivity contribution in [2.24, 2.45) is 0 Å². The number of thioether (sulfide) groups is 1. The number of hydrogen-bond acceptors (Lipinski definition) is 5. The molecule has 0 radical (unpaired) electrons. The van der Waals surface area contributed by atoms with Crippen molar-refractivity contribution in [3.63, 3.8) is 0 Å². The molecule has 4 aromatic rings. The van der Waals surface area contributed by atoms with Gasteiger partial charge < -0.3 is 4.90 Å². The number of rotatable bonds is 6. The summed E-state index contributed by atoms with van der Waals surface area (Å²) in [6, 6.07) is 18.1. The second-order valence-electron chi connectivity index (χ2n) is 5.87. The number of aromatic amines is 1. The lowest BCUT2D eigenvalue weighted by atomic mass is 10.1. The lowest BCUT2D eigenvalue weighted by Gasteiger charge is -2.22. The topological polar surface area (TPSA) is 61.9 Å². The van der Waals surface area contributed by atoms with Crippen LogP contribution in [0.1, 0.15) is 6.92 Å². The van der Waals surface area contributed by atoms with Gasteiger partial charge in [0.15, 0.2) is 5.82 Å². The van der Waals surface area contributed by atoms with Crippen LogP contribution in [0.4, 0.5) is 5.69 Å². The Morgan fingerprint density at radius 2 is 2.00 bits per heavy atom. The van der Waals surface area contributed by atoms with Crippen LogP contribution in [0.25, 0.3) is 21.5 Å². The molecule has 0 saturated heterocycles. The van der Waals surface area contributed by atoms with E-state index in [1.807, 2.05) is 53.6 Å². The van der Waals surface area contributed by atoms with E-state index in [-0.39, 0.29) is 5.91 Å². The summed E-state index contributed by atoms with van der Waals surface area (Å²) in [4.78, 5) is 20.2. The highest BCUT2D eigenvalue weighted by molar-refractivity contribution is 7.99. The smallest absolute Gasteiger partial charge is 0.237 e. The minimum atomic E-state index is 0.0429. The molecule has 0 saturated carbocycles. The summed E-state index contributed by atoms with van der Waals surface area (Å²) in [5.74, 6) is 1.07. The summed E-state index contributed by atoms with van der Waals surface area (Å²) in [6.07, 6.45) is 0. The minimum absolute atomic E-state index is 0.0429. The molecule has 136 valence electrons. The molecule has 2 aromatic carbocycles. The van der Waals surface area contributed by atoms with Gasteiger partial charge in [-0.2, -0.15) is 0 Å². The lowest BCUT2D eigenvalue weighted by molar-refractivity contribution is -0.116. The monoisotopic (exact) mass is 394 g/mol. The van der Waals surface area contributed by atoms with Gasteiger partial charge in [-0.3, -0.25) is 9.89 Å². The molecular weight excluding hydrogens is 376 g/mol. The Bertz CT molecular complexity index is 1050. The average Bonchev–Trinajstić information content (AvgIpc) is 3.39. The van der Waals surface area contributed by atoms with Gasteiger partial charge in [0.05, 0.1) is 16.3 Å². The Hall–Kier alpha value is -2.64. The van der Waals surface area contributed by atoms with Crippen molar-refractivity contribution in [3.05, 3.63) is 60.0 Å². The van der Waals surface area contributed by atoms with E-state index >= 15 is 0 Å². The Labute approximate surface area is 165 Å². The molecule has 0 aliphatic heterocycles. The number of carbonyl (C=O) groups excluding carboxylic acids is 1. The number of anilines is 1. The normalized spacial score (nSPS) is 11.0. The Balaban J connectivity index is 1.49. The summed E-state index contributed by atoms with van der Waals surface area (Å²) in [6.45, 7) is 2.61. The highest BCUT2D eigenvalue weighted by Crippen LogP contribution is 2.28. The summed E-state index contributed by atoms with van der Waals surface area (Å²) in [7, 11) is 0. The average molecular weight is 395 g/mol. The van der Waals surface area contributed by atoms with Gasteiger partial charge in [-0.15, -0.1) is 16.4 Å². The summed E-state index contributed by atoms with van der Waals surface area (Å²) >= 11 is 2.95. The fourth-order valence-corrected chi connectivity index (χ4v) is 4.30. The van der Waals surface area contributed by atoms with Crippen molar-refractivity contribution in [3.8, 4) is 10.7 Å². The van der Waals surface area contributed by atoms with E-state index in [0.717, 1.165) is 27.2 Å². The molecule has 27 heavy (non-hydrogen) atoms. The lowest BCUT2D eigenvalue weighted by Crippen LogP contribution is -2.32. The molecular formula is C20H18N4OS2. The first-order valence-corrected chi connectivity index (χ1v) is 10.5. The van der Waals surface area contributed by atoms with Crippen molar-refractivity contribution in [1.82, 2.24) is 15.2 Å².